The number of para-hydroxylation sites is 1. The topological polar surface area (TPSA) is 29.4 Å². The van der Waals surface area contributed by atoms with Gasteiger partial charge in [0.15, 0.2) is 5.78 Å². The Morgan fingerprint density at radius 1 is 0.846 bits per heavy atom. The summed E-state index contributed by atoms with van der Waals surface area (Å²) in [6.45, 7) is 2.09. The minimum atomic E-state index is -0.243. The van der Waals surface area contributed by atoms with Gasteiger partial charge in [0.05, 0.1) is 22.6 Å². The van der Waals surface area contributed by atoms with Crippen LogP contribution in [0.25, 0.3) is 0 Å². The summed E-state index contributed by atoms with van der Waals surface area (Å²) in [5.74, 6) is -0.0577. The Morgan fingerprint density at radius 3 is 2.35 bits per heavy atom. The number of hydrogen-bond donors (Lipinski definition) is 0. The third-order valence-electron chi connectivity index (χ3n) is 5.11. The van der Waals surface area contributed by atoms with Gasteiger partial charge in [-0.3, -0.25) is 9.79 Å². The third-order valence-corrected chi connectivity index (χ3v) is 6.51. The molecule has 0 amide bonds. The van der Waals surface area contributed by atoms with Crippen molar-refractivity contribution in [3.8, 4) is 0 Å². The van der Waals surface area contributed by atoms with Gasteiger partial charge in [-0.2, -0.15) is 0 Å². The van der Waals surface area contributed by atoms with Crippen LogP contribution in [0.15, 0.2) is 82.7 Å². The number of aryl methyl sites for hydroxylation is 1. The van der Waals surface area contributed by atoms with E-state index in [1.807, 2.05) is 42.5 Å². The molecule has 2 aliphatic rings. The molecule has 3 aromatic rings. The van der Waals surface area contributed by atoms with E-state index in [1.54, 1.807) is 11.8 Å². The maximum Gasteiger partial charge on any atom is 0.174 e. The number of Topliss-reactive ketones (excluding diaryl/α,β-unsaturated/α-hetero) is 1. The summed E-state index contributed by atoms with van der Waals surface area (Å²) in [5.41, 5.74) is 6.05. The average Bonchev–Trinajstić information content (AvgIpc) is 2.84. The van der Waals surface area contributed by atoms with Gasteiger partial charge in [0.1, 0.15) is 0 Å². The lowest BCUT2D eigenvalue weighted by molar-refractivity contribution is 0.0960. The Labute approximate surface area is 157 Å². The zero-order chi connectivity index (χ0) is 17.7. The van der Waals surface area contributed by atoms with E-state index in [9.17, 15) is 4.79 Å². The lowest BCUT2D eigenvalue weighted by Crippen LogP contribution is -2.21. The summed E-state index contributed by atoms with van der Waals surface area (Å²) in [5, 5.41) is 0.0258. The van der Waals surface area contributed by atoms with Crippen LogP contribution in [-0.2, 0) is 0 Å². The lowest BCUT2D eigenvalue weighted by Gasteiger charge is -2.21. The van der Waals surface area contributed by atoms with Gasteiger partial charge in [-0.05, 0) is 24.6 Å². The second-order valence-corrected chi connectivity index (χ2v) is 7.98. The second kappa shape index (κ2) is 5.96. The molecule has 1 aliphatic heterocycles. The molecule has 0 N–H and O–H groups in total. The van der Waals surface area contributed by atoms with Crippen molar-refractivity contribution in [2.75, 3.05) is 0 Å². The van der Waals surface area contributed by atoms with Gasteiger partial charge in [0, 0.05) is 16.0 Å². The van der Waals surface area contributed by atoms with Gasteiger partial charge < -0.3 is 0 Å². The molecule has 2 nitrogen and oxygen atoms in total. The third kappa shape index (κ3) is 2.35. The molecule has 0 bridgehead atoms. The van der Waals surface area contributed by atoms with Crippen LogP contribution in [0.4, 0.5) is 5.69 Å². The van der Waals surface area contributed by atoms with Gasteiger partial charge >= 0.3 is 0 Å². The number of nitrogens with zero attached hydrogens (tertiary/aromatic N) is 1. The molecule has 126 valence electrons. The molecule has 5 rings (SSSR count). The van der Waals surface area contributed by atoms with E-state index in [0.717, 1.165) is 27.4 Å². The molecule has 0 radical (unpaired) electrons. The maximum atomic E-state index is 13.3. The fraction of sp³-hybridized carbons (Fsp3) is 0.130. The van der Waals surface area contributed by atoms with E-state index in [0.29, 0.717) is 0 Å². The van der Waals surface area contributed by atoms with Crippen molar-refractivity contribution in [1.29, 1.82) is 0 Å². The molecular weight excluding hydrogens is 338 g/mol. The molecule has 0 saturated heterocycles. The molecule has 0 unspecified atom stereocenters. The highest BCUT2D eigenvalue weighted by atomic mass is 32.2. The maximum absolute atomic E-state index is 13.3. The van der Waals surface area contributed by atoms with Crippen LogP contribution in [0.3, 0.4) is 0 Å². The van der Waals surface area contributed by atoms with Crippen molar-refractivity contribution in [2.45, 2.75) is 17.1 Å². The first-order valence-corrected chi connectivity index (χ1v) is 9.65. The van der Waals surface area contributed by atoms with Crippen molar-refractivity contribution in [3.05, 3.63) is 95.1 Å². The van der Waals surface area contributed by atoms with Crippen molar-refractivity contribution in [1.82, 2.24) is 0 Å². The first kappa shape index (κ1) is 15.6. The molecule has 26 heavy (non-hydrogen) atoms. The highest BCUT2D eigenvalue weighted by Crippen LogP contribution is 2.51. The van der Waals surface area contributed by atoms with Crippen LogP contribution in [0.5, 0.6) is 0 Å². The highest BCUT2D eigenvalue weighted by molar-refractivity contribution is 7.99. The summed E-state index contributed by atoms with van der Waals surface area (Å²) in [6.07, 6.45) is 0. The van der Waals surface area contributed by atoms with Crippen LogP contribution in [0.2, 0.25) is 0 Å². The molecule has 1 heterocycles. The van der Waals surface area contributed by atoms with E-state index >= 15 is 0 Å². The fourth-order valence-electron chi connectivity index (χ4n) is 3.79. The lowest BCUT2D eigenvalue weighted by atomic mass is 9.93. The van der Waals surface area contributed by atoms with Gasteiger partial charge in [-0.25, -0.2) is 0 Å². The SMILES string of the molecule is Cc1ccc([C@@H]2Sc3ccccc3N=C3c4ccccc4C(=O)[C@H]32)cc1. The first-order valence-electron chi connectivity index (χ1n) is 8.77. The van der Waals surface area contributed by atoms with Crippen molar-refractivity contribution in [3.63, 3.8) is 0 Å². The molecular formula is C23H17NOS. The van der Waals surface area contributed by atoms with Gasteiger partial charge in [0.25, 0.3) is 0 Å². The standard InChI is InChI=1S/C23H17NOS/c1-14-10-12-15(13-11-14)23-20-21(16-6-2-3-7-17(16)22(20)25)24-18-8-4-5-9-19(18)26-23/h2-13,20,23H,1H3/t20-,23-/m0/s1. The van der Waals surface area contributed by atoms with Crippen molar-refractivity contribution < 1.29 is 4.79 Å². The van der Waals surface area contributed by atoms with E-state index in [-0.39, 0.29) is 17.0 Å². The summed E-state index contributed by atoms with van der Waals surface area (Å²) in [4.78, 5) is 19.4. The Balaban J connectivity index is 1.75. The quantitative estimate of drug-likeness (QED) is 0.554. The molecule has 3 heteroatoms. The zero-order valence-electron chi connectivity index (χ0n) is 14.3. The van der Waals surface area contributed by atoms with Crippen LogP contribution in [0, 0.1) is 12.8 Å². The smallest absolute Gasteiger partial charge is 0.174 e. The number of thioether (sulfide) groups is 1. The van der Waals surface area contributed by atoms with Crippen LogP contribution in [-0.4, -0.2) is 11.5 Å². The number of rotatable bonds is 1. The predicted molar refractivity (Wildman–Crippen MR) is 107 cm³/mol. The van der Waals surface area contributed by atoms with Crippen molar-refractivity contribution >= 4 is 28.9 Å². The monoisotopic (exact) mass is 355 g/mol. The first-order chi connectivity index (χ1) is 12.7. The number of carbonyl (C=O) groups excluding carboxylic acids is 1. The Bertz CT molecular complexity index is 1050. The van der Waals surface area contributed by atoms with Crippen LogP contribution in [0.1, 0.15) is 32.3 Å². The fourth-order valence-corrected chi connectivity index (χ4v) is 5.14. The molecule has 1 aliphatic carbocycles. The molecule has 0 saturated carbocycles. The van der Waals surface area contributed by atoms with E-state index in [2.05, 4.69) is 37.3 Å². The van der Waals surface area contributed by atoms with Gasteiger partial charge in [0.2, 0.25) is 0 Å². The Kier molecular flexibility index (Phi) is 3.57. The van der Waals surface area contributed by atoms with E-state index in [1.165, 1.54) is 11.1 Å². The van der Waals surface area contributed by atoms with E-state index < -0.39 is 0 Å². The minimum absolute atomic E-state index is 0.0258. The largest absolute Gasteiger partial charge is 0.293 e. The molecule has 2 atom stereocenters. The Hall–Kier alpha value is -2.65. The van der Waals surface area contributed by atoms with Gasteiger partial charge in [-0.1, -0.05) is 66.2 Å². The number of aliphatic imine (C=N–C) groups is 1. The van der Waals surface area contributed by atoms with Crippen LogP contribution >= 0.6 is 11.8 Å². The van der Waals surface area contributed by atoms with Crippen molar-refractivity contribution in [2.24, 2.45) is 10.9 Å². The molecule has 0 aromatic heterocycles. The number of hydrogen-bond acceptors (Lipinski definition) is 3. The summed E-state index contributed by atoms with van der Waals surface area (Å²) >= 11 is 1.75. The predicted octanol–water partition coefficient (Wildman–Crippen LogP) is 5.78. The normalized spacial score (nSPS) is 20.7. The van der Waals surface area contributed by atoms with Crippen LogP contribution < -0.4 is 0 Å². The van der Waals surface area contributed by atoms with E-state index in [4.69, 9.17) is 4.99 Å². The number of benzene rings is 3. The molecule has 3 aromatic carbocycles. The average molecular weight is 355 g/mol. The number of carbonyl (C=O) groups is 1. The zero-order valence-corrected chi connectivity index (χ0v) is 15.2. The summed E-state index contributed by atoms with van der Waals surface area (Å²) in [7, 11) is 0. The second-order valence-electron chi connectivity index (χ2n) is 6.80. The summed E-state index contributed by atoms with van der Waals surface area (Å²) < 4.78 is 0. The highest BCUT2D eigenvalue weighted by Gasteiger charge is 2.44. The van der Waals surface area contributed by atoms with Gasteiger partial charge in [-0.15, -0.1) is 11.8 Å². The number of fused-ring (bicyclic) bond motifs is 4. The summed E-state index contributed by atoms with van der Waals surface area (Å²) in [6, 6.07) is 24.6. The molecule has 0 fully saturated rings. The minimum Gasteiger partial charge on any atom is -0.293 e. The molecule has 0 spiro atoms. The number of ketones is 1. The Morgan fingerprint density at radius 2 is 1.54 bits per heavy atom.